The number of thioether (sulfide) groups is 1. The Morgan fingerprint density at radius 1 is 1.17 bits per heavy atom. The van der Waals surface area contributed by atoms with E-state index in [4.69, 9.17) is 0 Å². The fourth-order valence-corrected chi connectivity index (χ4v) is 4.27. The molecule has 2 N–H and O–H groups in total. The molecule has 1 aromatic heterocycles. The van der Waals surface area contributed by atoms with Crippen LogP contribution in [0.2, 0.25) is 0 Å². The lowest BCUT2D eigenvalue weighted by Crippen LogP contribution is -2.24. The molecular weight excluding hydrogens is 420 g/mol. The molecule has 0 saturated heterocycles. The van der Waals surface area contributed by atoms with Gasteiger partial charge in [-0.2, -0.15) is 0 Å². The zero-order valence-corrected chi connectivity index (χ0v) is 18.6. The Labute approximate surface area is 181 Å². The normalized spacial score (nSPS) is 11.6. The van der Waals surface area contributed by atoms with E-state index in [0.29, 0.717) is 5.69 Å². The summed E-state index contributed by atoms with van der Waals surface area (Å²) in [6.45, 7) is 3.73. The molecule has 7 nitrogen and oxygen atoms in total. The van der Waals surface area contributed by atoms with Crippen LogP contribution in [0.5, 0.6) is 0 Å². The molecule has 0 spiro atoms. The third kappa shape index (κ3) is 5.29. The Balaban J connectivity index is 1.74. The molecule has 1 amide bonds. The van der Waals surface area contributed by atoms with Crippen molar-refractivity contribution in [1.82, 2.24) is 14.3 Å². The minimum atomic E-state index is -3.74. The number of carbonyl (C=O) groups excluding carboxylic acids is 1. The second-order valence-corrected chi connectivity index (χ2v) is 9.58. The van der Waals surface area contributed by atoms with Gasteiger partial charge in [0, 0.05) is 35.4 Å². The first-order valence-electron chi connectivity index (χ1n) is 9.36. The zero-order chi connectivity index (χ0) is 21.7. The van der Waals surface area contributed by atoms with E-state index in [-0.39, 0.29) is 23.3 Å². The van der Waals surface area contributed by atoms with Crippen LogP contribution >= 0.6 is 11.8 Å². The first-order valence-corrected chi connectivity index (χ1v) is 12.1. The van der Waals surface area contributed by atoms with Gasteiger partial charge in [-0.05, 0) is 42.2 Å². The molecule has 3 rings (SSSR count). The predicted molar refractivity (Wildman–Crippen MR) is 119 cm³/mol. The van der Waals surface area contributed by atoms with E-state index in [0.717, 1.165) is 16.1 Å². The number of sulfonamides is 1. The first-order chi connectivity index (χ1) is 14.3. The van der Waals surface area contributed by atoms with Gasteiger partial charge in [-0.1, -0.05) is 26.0 Å². The zero-order valence-electron chi connectivity index (χ0n) is 17.0. The van der Waals surface area contributed by atoms with E-state index in [1.54, 1.807) is 38.5 Å². The quantitative estimate of drug-likeness (QED) is 0.517. The monoisotopic (exact) mass is 444 g/mol. The molecular formula is C21H24N4O3S2. The molecule has 0 atom stereocenters. The molecule has 9 heteroatoms. The molecule has 0 radical (unpaired) electrons. The summed E-state index contributed by atoms with van der Waals surface area (Å²) >= 11 is 1.44. The van der Waals surface area contributed by atoms with Crippen molar-refractivity contribution < 1.29 is 13.2 Å². The molecule has 1 heterocycles. The number of anilines is 1. The van der Waals surface area contributed by atoms with Crippen LogP contribution in [0.1, 0.15) is 19.4 Å². The van der Waals surface area contributed by atoms with Crippen LogP contribution in [-0.2, 0) is 21.4 Å². The number of nitrogens with zero attached hydrogens (tertiary/aromatic N) is 2. The number of hydrogen-bond donors (Lipinski definition) is 2. The van der Waals surface area contributed by atoms with Gasteiger partial charge in [0.25, 0.3) is 0 Å². The summed E-state index contributed by atoms with van der Waals surface area (Å²) in [5.41, 5.74) is 2.27. The largest absolute Gasteiger partial charge is 0.325 e. The molecule has 0 aliphatic heterocycles. The minimum absolute atomic E-state index is 0.106. The number of amides is 1. The second-order valence-electron chi connectivity index (χ2n) is 6.97. The lowest BCUT2D eigenvalue weighted by molar-refractivity contribution is -0.118. The minimum Gasteiger partial charge on any atom is -0.325 e. The number of carbonyl (C=O) groups is 1. The first kappa shape index (κ1) is 22.1. The van der Waals surface area contributed by atoms with Gasteiger partial charge in [0.1, 0.15) is 0 Å². The Hall–Kier alpha value is -2.62. The number of nitrogens with one attached hydrogen (secondary N) is 2. The number of hydrogen-bond acceptors (Lipinski definition) is 5. The van der Waals surface area contributed by atoms with Crippen molar-refractivity contribution in [2.45, 2.75) is 30.2 Å². The molecule has 0 bridgehead atoms. The average molecular weight is 445 g/mol. The van der Waals surface area contributed by atoms with E-state index in [2.05, 4.69) is 15.0 Å². The summed E-state index contributed by atoms with van der Waals surface area (Å²) in [6.07, 6.45) is 7.11. The van der Waals surface area contributed by atoms with Crippen LogP contribution < -0.4 is 10.0 Å². The Kier molecular flexibility index (Phi) is 6.96. The summed E-state index contributed by atoms with van der Waals surface area (Å²) in [7, 11) is -3.74. The van der Waals surface area contributed by atoms with Gasteiger partial charge < -0.3 is 9.88 Å². The lowest BCUT2D eigenvalue weighted by Gasteiger charge is -2.14. The van der Waals surface area contributed by atoms with Crippen LogP contribution in [0, 0.1) is 5.92 Å². The highest BCUT2D eigenvalue weighted by molar-refractivity contribution is 7.98. The van der Waals surface area contributed by atoms with E-state index >= 15 is 0 Å². The summed E-state index contributed by atoms with van der Waals surface area (Å²) in [5.74, 6) is -0.367. The van der Waals surface area contributed by atoms with E-state index in [1.807, 2.05) is 41.3 Å². The number of benzene rings is 2. The van der Waals surface area contributed by atoms with Crippen molar-refractivity contribution in [3.8, 4) is 5.69 Å². The van der Waals surface area contributed by atoms with E-state index < -0.39 is 10.0 Å². The van der Waals surface area contributed by atoms with Gasteiger partial charge in [-0.15, -0.1) is 11.8 Å². The molecule has 0 aliphatic rings. The lowest BCUT2D eigenvalue weighted by atomic mass is 10.2. The van der Waals surface area contributed by atoms with Gasteiger partial charge in [0.15, 0.2) is 0 Å². The maximum Gasteiger partial charge on any atom is 0.240 e. The average Bonchev–Trinajstić information content (AvgIpc) is 3.27. The van der Waals surface area contributed by atoms with Crippen molar-refractivity contribution in [2.75, 3.05) is 11.6 Å². The molecule has 0 unspecified atom stereocenters. The summed E-state index contributed by atoms with van der Waals surface area (Å²) in [4.78, 5) is 17.0. The molecule has 3 aromatic rings. The molecule has 158 valence electrons. The highest BCUT2D eigenvalue weighted by Crippen LogP contribution is 2.28. The smallest absolute Gasteiger partial charge is 0.240 e. The van der Waals surface area contributed by atoms with Gasteiger partial charge in [0.05, 0.1) is 16.9 Å². The van der Waals surface area contributed by atoms with Gasteiger partial charge in [0.2, 0.25) is 15.9 Å². The van der Waals surface area contributed by atoms with Crippen LogP contribution in [-0.4, -0.2) is 30.1 Å². The fourth-order valence-electron chi connectivity index (χ4n) is 2.69. The second kappa shape index (κ2) is 9.46. The molecule has 0 saturated carbocycles. The predicted octanol–water partition coefficient (Wildman–Crippen LogP) is 3.67. The van der Waals surface area contributed by atoms with Gasteiger partial charge in [-0.25, -0.2) is 18.1 Å². The van der Waals surface area contributed by atoms with E-state index in [1.165, 1.54) is 17.8 Å². The van der Waals surface area contributed by atoms with Crippen molar-refractivity contribution >= 4 is 33.4 Å². The van der Waals surface area contributed by atoms with E-state index in [9.17, 15) is 13.2 Å². The van der Waals surface area contributed by atoms with Crippen molar-refractivity contribution in [1.29, 1.82) is 0 Å². The summed E-state index contributed by atoms with van der Waals surface area (Å²) < 4.78 is 30.1. The number of rotatable bonds is 8. The maximum absolute atomic E-state index is 12.8. The SMILES string of the molecule is CSc1ccc(S(=O)(=O)NCc2ccc(-n3ccnc3)cc2)cc1NC(=O)C(C)C. The fraction of sp³-hybridized carbons (Fsp3) is 0.238. The van der Waals surface area contributed by atoms with Gasteiger partial charge >= 0.3 is 0 Å². The van der Waals surface area contributed by atoms with Crippen molar-refractivity contribution in [2.24, 2.45) is 5.92 Å². The topological polar surface area (TPSA) is 93.1 Å². The standard InChI is InChI=1S/C21H24N4O3S2/c1-15(2)21(26)24-19-12-18(8-9-20(19)29-3)30(27,28)23-13-16-4-6-17(7-5-16)25-11-10-22-14-25/h4-12,14-15,23H,13H2,1-3H3,(H,24,26). The van der Waals surface area contributed by atoms with Crippen molar-refractivity contribution in [3.63, 3.8) is 0 Å². The van der Waals surface area contributed by atoms with Crippen molar-refractivity contribution in [3.05, 3.63) is 66.7 Å². The molecule has 2 aromatic carbocycles. The van der Waals surface area contributed by atoms with Crippen LogP contribution in [0.15, 0.2) is 71.0 Å². The number of imidazole rings is 1. The number of aromatic nitrogens is 2. The maximum atomic E-state index is 12.8. The third-order valence-corrected chi connectivity index (χ3v) is 6.66. The molecule has 0 fully saturated rings. The molecule has 0 aliphatic carbocycles. The third-order valence-electron chi connectivity index (χ3n) is 4.47. The summed E-state index contributed by atoms with van der Waals surface area (Å²) in [5, 5.41) is 2.81. The Bertz CT molecular complexity index is 1110. The Morgan fingerprint density at radius 2 is 1.90 bits per heavy atom. The highest BCUT2D eigenvalue weighted by atomic mass is 32.2. The van der Waals surface area contributed by atoms with Crippen LogP contribution in [0.4, 0.5) is 5.69 Å². The van der Waals surface area contributed by atoms with Gasteiger partial charge in [-0.3, -0.25) is 4.79 Å². The Morgan fingerprint density at radius 3 is 2.50 bits per heavy atom. The highest BCUT2D eigenvalue weighted by Gasteiger charge is 2.18. The van der Waals surface area contributed by atoms with Crippen LogP contribution in [0.25, 0.3) is 5.69 Å². The summed E-state index contributed by atoms with van der Waals surface area (Å²) in [6, 6.07) is 12.3. The van der Waals surface area contributed by atoms with Crippen LogP contribution in [0.3, 0.4) is 0 Å². The molecule has 30 heavy (non-hydrogen) atoms.